The molecule has 8 heteroatoms. The fourth-order valence-electron chi connectivity index (χ4n) is 2.80. The molecule has 27 heavy (non-hydrogen) atoms. The van der Waals surface area contributed by atoms with Gasteiger partial charge in [0, 0.05) is 24.0 Å². The Morgan fingerprint density at radius 2 is 1.81 bits per heavy atom. The van der Waals surface area contributed by atoms with E-state index in [1.54, 1.807) is 37.8 Å². The highest BCUT2D eigenvalue weighted by atomic mass is 32.1. The molecule has 1 aromatic rings. The molecule has 1 saturated heterocycles. The standard InChI is InChI=1S/C19H27N3O4S/c1-19(2,3)26-18(25)20-12-16(23)21-13-8-10-22(11-9-13)17(24)14-6-4-5-7-15(14)27/h4-7,13,27H,8-12H2,1-3H3,(H,20,25)(H,21,23). The predicted octanol–water partition coefficient (Wildman–Crippen LogP) is 2.22. The van der Waals surface area contributed by atoms with E-state index < -0.39 is 11.7 Å². The predicted molar refractivity (Wildman–Crippen MR) is 105 cm³/mol. The van der Waals surface area contributed by atoms with Crippen LogP contribution in [0.2, 0.25) is 0 Å². The zero-order valence-electron chi connectivity index (χ0n) is 15.9. The summed E-state index contributed by atoms with van der Waals surface area (Å²) in [5.41, 5.74) is -0.0177. The summed E-state index contributed by atoms with van der Waals surface area (Å²) >= 11 is 4.34. The Morgan fingerprint density at radius 1 is 1.19 bits per heavy atom. The monoisotopic (exact) mass is 393 g/mol. The van der Waals surface area contributed by atoms with Crippen molar-refractivity contribution < 1.29 is 19.1 Å². The lowest BCUT2D eigenvalue weighted by Gasteiger charge is -2.32. The minimum absolute atomic E-state index is 0.0202. The Hall–Kier alpha value is -2.22. The Labute approximate surface area is 165 Å². The van der Waals surface area contributed by atoms with Gasteiger partial charge in [-0.25, -0.2) is 4.79 Å². The first kappa shape index (κ1) is 21.1. The average molecular weight is 394 g/mol. The normalized spacial score (nSPS) is 15.2. The van der Waals surface area contributed by atoms with Crippen LogP contribution in [0.15, 0.2) is 29.2 Å². The van der Waals surface area contributed by atoms with Gasteiger partial charge >= 0.3 is 6.09 Å². The van der Waals surface area contributed by atoms with Crippen molar-refractivity contribution in [1.29, 1.82) is 0 Å². The van der Waals surface area contributed by atoms with Gasteiger partial charge in [-0.3, -0.25) is 9.59 Å². The average Bonchev–Trinajstić information content (AvgIpc) is 2.59. The second-order valence-electron chi connectivity index (χ2n) is 7.51. The molecular formula is C19H27N3O4S. The number of amides is 3. The van der Waals surface area contributed by atoms with Gasteiger partial charge in [0.05, 0.1) is 5.56 Å². The molecule has 2 N–H and O–H groups in total. The molecule has 0 aliphatic carbocycles. The molecule has 0 saturated carbocycles. The van der Waals surface area contributed by atoms with Gasteiger partial charge in [-0.15, -0.1) is 12.6 Å². The number of piperidine rings is 1. The van der Waals surface area contributed by atoms with E-state index in [0.29, 0.717) is 36.4 Å². The van der Waals surface area contributed by atoms with Crippen LogP contribution in [0.25, 0.3) is 0 Å². The molecule has 0 atom stereocenters. The van der Waals surface area contributed by atoms with Crippen LogP contribution in [0.5, 0.6) is 0 Å². The van der Waals surface area contributed by atoms with E-state index in [1.807, 2.05) is 12.1 Å². The summed E-state index contributed by atoms with van der Waals surface area (Å²) in [4.78, 5) is 38.6. The third kappa shape index (κ3) is 6.78. The van der Waals surface area contributed by atoms with Gasteiger partial charge in [0.1, 0.15) is 12.1 Å². The molecule has 1 fully saturated rings. The number of benzene rings is 1. The van der Waals surface area contributed by atoms with Crippen LogP contribution in [0, 0.1) is 0 Å². The molecule has 7 nitrogen and oxygen atoms in total. The number of hydrogen-bond donors (Lipinski definition) is 3. The maximum Gasteiger partial charge on any atom is 0.408 e. The summed E-state index contributed by atoms with van der Waals surface area (Å²) in [7, 11) is 0. The minimum atomic E-state index is -0.622. The lowest BCUT2D eigenvalue weighted by atomic mass is 10.0. The van der Waals surface area contributed by atoms with Crippen molar-refractivity contribution in [3.05, 3.63) is 29.8 Å². The summed E-state index contributed by atoms with van der Waals surface area (Å²) in [5.74, 6) is -0.316. The summed E-state index contributed by atoms with van der Waals surface area (Å²) in [6, 6.07) is 7.19. The van der Waals surface area contributed by atoms with E-state index in [4.69, 9.17) is 4.74 Å². The van der Waals surface area contributed by atoms with Crippen molar-refractivity contribution >= 4 is 30.5 Å². The zero-order valence-corrected chi connectivity index (χ0v) is 16.8. The van der Waals surface area contributed by atoms with Gasteiger partial charge in [0.15, 0.2) is 0 Å². The third-order valence-electron chi connectivity index (χ3n) is 4.07. The van der Waals surface area contributed by atoms with Crippen molar-refractivity contribution in [1.82, 2.24) is 15.5 Å². The van der Waals surface area contributed by atoms with Crippen molar-refractivity contribution in [2.24, 2.45) is 0 Å². The number of carbonyl (C=O) groups excluding carboxylic acids is 3. The second-order valence-corrected chi connectivity index (χ2v) is 7.99. The lowest BCUT2D eigenvalue weighted by Crippen LogP contribution is -2.49. The van der Waals surface area contributed by atoms with Crippen molar-refractivity contribution in [3.63, 3.8) is 0 Å². The van der Waals surface area contributed by atoms with E-state index in [-0.39, 0.29) is 24.4 Å². The highest BCUT2D eigenvalue weighted by Crippen LogP contribution is 2.18. The Morgan fingerprint density at radius 3 is 2.41 bits per heavy atom. The molecule has 1 aromatic carbocycles. The number of nitrogens with one attached hydrogen (secondary N) is 2. The first-order valence-corrected chi connectivity index (χ1v) is 9.44. The third-order valence-corrected chi connectivity index (χ3v) is 4.46. The largest absolute Gasteiger partial charge is 0.444 e. The fraction of sp³-hybridized carbons (Fsp3) is 0.526. The van der Waals surface area contributed by atoms with Crippen LogP contribution in [-0.4, -0.2) is 54.1 Å². The van der Waals surface area contributed by atoms with Crippen LogP contribution < -0.4 is 10.6 Å². The number of nitrogens with zero attached hydrogens (tertiary/aromatic N) is 1. The van der Waals surface area contributed by atoms with Crippen molar-refractivity contribution in [2.45, 2.75) is 50.2 Å². The van der Waals surface area contributed by atoms with Crippen LogP contribution in [0.1, 0.15) is 44.0 Å². The quantitative estimate of drug-likeness (QED) is 0.685. The van der Waals surface area contributed by atoms with Gasteiger partial charge in [0.25, 0.3) is 5.91 Å². The second kappa shape index (κ2) is 9.12. The van der Waals surface area contributed by atoms with Gasteiger partial charge in [-0.2, -0.15) is 0 Å². The summed E-state index contributed by atoms with van der Waals surface area (Å²) in [6.07, 6.45) is 0.709. The van der Waals surface area contributed by atoms with E-state index in [9.17, 15) is 14.4 Å². The van der Waals surface area contributed by atoms with Crippen LogP contribution in [-0.2, 0) is 9.53 Å². The topological polar surface area (TPSA) is 87.7 Å². The molecule has 0 aromatic heterocycles. The van der Waals surface area contributed by atoms with Crippen LogP contribution in [0.3, 0.4) is 0 Å². The van der Waals surface area contributed by atoms with Gasteiger partial charge < -0.3 is 20.3 Å². The molecule has 0 unspecified atom stereocenters. The smallest absolute Gasteiger partial charge is 0.408 e. The molecular weight excluding hydrogens is 366 g/mol. The number of ether oxygens (including phenoxy) is 1. The molecule has 0 spiro atoms. The molecule has 2 rings (SSSR count). The Kier molecular flexibility index (Phi) is 7.12. The summed E-state index contributed by atoms with van der Waals surface area (Å²) < 4.78 is 5.09. The molecule has 1 aliphatic rings. The van der Waals surface area contributed by atoms with E-state index in [2.05, 4.69) is 23.3 Å². The minimum Gasteiger partial charge on any atom is -0.444 e. The maximum atomic E-state index is 12.6. The van der Waals surface area contributed by atoms with Gasteiger partial charge in [0.2, 0.25) is 5.91 Å². The number of rotatable bonds is 4. The molecule has 0 radical (unpaired) electrons. The highest BCUT2D eigenvalue weighted by molar-refractivity contribution is 7.80. The van der Waals surface area contributed by atoms with E-state index >= 15 is 0 Å². The SMILES string of the molecule is CC(C)(C)OC(=O)NCC(=O)NC1CCN(C(=O)c2ccccc2S)CC1. The van der Waals surface area contributed by atoms with Gasteiger partial charge in [-0.05, 0) is 45.7 Å². The van der Waals surface area contributed by atoms with Crippen molar-refractivity contribution in [2.75, 3.05) is 19.6 Å². The Balaban J connectivity index is 1.74. The van der Waals surface area contributed by atoms with Crippen LogP contribution in [0.4, 0.5) is 4.79 Å². The number of carbonyl (C=O) groups is 3. The first-order chi connectivity index (χ1) is 12.7. The molecule has 3 amide bonds. The van der Waals surface area contributed by atoms with Crippen molar-refractivity contribution in [3.8, 4) is 0 Å². The maximum absolute atomic E-state index is 12.6. The fourth-order valence-corrected chi connectivity index (χ4v) is 3.05. The number of thiol groups is 1. The molecule has 1 heterocycles. The van der Waals surface area contributed by atoms with E-state index in [1.165, 1.54) is 0 Å². The summed E-state index contributed by atoms with van der Waals surface area (Å²) in [6.45, 7) is 6.26. The van der Waals surface area contributed by atoms with E-state index in [0.717, 1.165) is 0 Å². The number of alkyl carbamates (subject to hydrolysis) is 1. The Bertz CT molecular complexity index is 694. The van der Waals surface area contributed by atoms with Gasteiger partial charge in [-0.1, -0.05) is 12.1 Å². The number of hydrogen-bond acceptors (Lipinski definition) is 5. The molecule has 148 valence electrons. The number of likely N-dealkylation sites (tertiary alicyclic amines) is 1. The lowest BCUT2D eigenvalue weighted by molar-refractivity contribution is -0.121. The molecule has 0 bridgehead atoms. The highest BCUT2D eigenvalue weighted by Gasteiger charge is 2.25. The first-order valence-electron chi connectivity index (χ1n) is 8.99. The zero-order chi connectivity index (χ0) is 20.0. The van der Waals surface area contributed by atoms with Crippen LogP contribution >= 0.6 is 12.6 Å². The molecule has 1 aliphatic heterocycles. The summed E-state index contributed by atoms with van der Waals surface area (Å²) in [5, 5.41) is 5.32.